The van der Waals surface area contributed by atoms with Gasteiger partial charge in [-0.2, -0.15) is 5.26 Å². The van der Waals surface area contributed by atoms with Gasteiger partial charge in [0, 0.05) is 0 Å². The zero-order valence-electron chi connectivity index (χ0n) is 8.13. The van der Waals surface area contributed by atoms with Crippen LogP contribution >= 0.6 is 0 Å². The van der Waals surface area contributed by atoms with E-state index in [1.165, 1.54) is 6.07 Å². The summed E-state index contributed by atoms with van der Waals surface area (Å²) in [5.41, 5.74) is -1.64. The summed E-state index contributed by atoms with van der Waals surface area (Å²) < 4.78 is 42.0. The van der Waals surface area contributed by atoms with Crippen LogP contribution in [0, 0.1) is 17.1 Å². The summed E-state index contributed by atoms with van der Waals surface area (Å²) in [6.07, 6.45) is -3.06. The third-order valence-corrected chi connectivity index (χ3v) is 1.90. The van der Waals surface area contributed by atoms with Crippen molar-refractivity contribution in [1.29, 1.82) is 5.26 Å². The molecule has 1 aromatic rings. The fourth-order valence-electron chi connectivity index (χ4n) is 1.13. The van der Waals surface area contributed by atoms with E-state index < -0.39 is 23.8 Å². The van der Waals surface area contributed by atoms with Crippen molar-refractivity contribution in [1.82, 2.24) is 0 Å². The Bertz CT molecular complexity index is 466. The third kappa shape index (κ3) is 2.14. The molecule has 0 unspecified atom stereocenters. The SMILES string of the molecule is COC(=O)c1cc(C(F)F)c(F)cc1C#N. The summed E-state index contributed by atoms with van der Waals surface area (Å²) in [6.45, 7) is 0. The summed E-state index contributed by atoms with van der Waals surface area (Å²) in [6, 6.07) is 2.75. The molecule has 0 radical (unpaired) electrons. The van der Waals surface area contributed by atoms with Gasteiger partial charge in [0.25, 0.3) is 6.43 Å². The molecule has 16 heavy (non-hydrogen) atoms. The number of rotatable bonds is 2. The maximum atomic E-state index is 13.1. The van der Waals surface area contributed by atoms with Crippen LogP contribution in [0.2, 0.25) is 0 Å². The third-order valence-electron chi connectivity index (χ3n) is 1.90. The molecule has 6 heteroatoms. The number of benzene rings is 1. The molecule has 3 nitrogen and oxygen atoms in total. The van der Waals surface area contributed by atoms with Gasteiger partial charge in [-0.05, 0) is 12.1 Å². The topological polar surface area (TPSA) is 50.1 Å². The lowest BCUT2D eigenvalue weighted by molar-refractivity contribution is 0.0599. The van der Waals surface area contributed by atoms with Gasteiger partial charge in [0.05, 0.1) is 23.8 Å². The molecule has 0 N–H and O–H groups in total. The highest BCUT2D eigenvalue weighted by molar-refractivity contribution is 5.92. The average molecular weight is 229 g/mol. The lowest BCUT2D eigenvalue weighted by Gasteiger charge is -2.06. The molecule has 0 saturated carbocycles. The first-order valence-corrected chi connectivity index (χ1v) is 4.11. The second kappa shape index (κ2) is 4.66. The zero-order chi connectivity index (χ0) is 12.3. The van der Waals surface area contributed by atoms with E-state index in [9.17, 15) is 18.0 Å². The molecule has 0 aliphatic carbocycles. The largest absolute Gasteiger partial charge is 0.465 e. The van der Waals surface area contributed by atoms with E-state index in [0.717, 1.165) is 7.11 Å². The van der Waals surface area contributed by atoms with Crippen molar-refractivity contribution < 1.29 is 22.7 Å². The van der Waals surface area contributed by atoms with Crippen LogP contribution in [0.3, 0.4) is 0 Å². The first-order valence-electron chi connectivity index (χ1n) is 4.11. The van der Waals surface area contributed by atoms with E-state index >= 15 is 0 Å². The molecule has 0 spiro atoms. The number of nitriles is 1. The van der Waals surface area contributed by atoms with E-state index in [-0.39, 0.29) is 11.1 Å². The first-order chi connectivity index (χ1) is 7.51. The Kier molecular flexibility index (Phi) is 3.51. The quantitative estimate of drug-likeness (QED) is 0.731. The number of ether oxygens (including phenoxy) is 1. The predicted octanol–water partition coefficient (Wildman–Crippen LogP) is 2.42. The molecule has 0 saturated heterocycles. The van der Waals surface area contributed by atoms with Crippen LogP contribution in [0.25, 0.3) is 0 Å². The van der Waals surface area contributed by atoms with Crippen LogP contribution < -0.4 is 0 Å². The van der Waals surface area contributed by atoms with Gasteiger partial charge in [-0.3, -0.25) is 0 Å². The lowest BCUT2D eigenvalue weighted by atomic mass is 10.0. The molecule has 0 heterocycles. The molecular weight excluding hydrogens is 223 g/mol. The monoisotopic (exact) mass is 229 g/mol. The number of carbonyl (C=O) groups excluding carboxylic acids is 1. The molecular formula is C10H6F3NO2. The van der Waals surface area contributed by atoms with Crippen molar-refractivity contribution in [3.8, 4) is 6.07 Å². The summed E-state index contributed by atoms with van der Waals surface area (Å²) in [4.78, 5) is 11.1. The first kappa shape index (κ1) is 12.0. The standard InChI is InChI=1S/C10H6F3NO2/c1-16-10(15)6-3-7(9(12)13)8(11)2-5(6)4-14/h2-3,9H,1H3. The van der Waals surface area contributed by atoms with Gasteiger partial charge < -0.3 is 4.74 Å². The van der Waals surface area contributed by atoms with Crippen LogP contribution in [-0.2, 0) is 4.74 Å². The molecule has 84 valence electrons. The van der Waals surface area contributed by atoms with Crippen LogP contribution in [0.5, 0.6) is 0 Å². The smallest absolute Gasteiger partial charge is 0.339 e. The van der Waals surface area contributed by atoms with Crippen LogP contribution in [-0.4, -0.2) is 13.1 Å². The molecule has 0 aliphatic rings. The van der Waals surface area contributed by atoms with Crippen LogP contribution in [0.1, 0.15) is 27.9 Å². The molecule has 0 fully saturated rings. The molecule has 1 rings (SSSR count). The maximum absolute atomic E-state index is 13.1. The van der Waals surface area contributed by atoms with Crippen molar-refractivity contribution in [3.05, 3.63) is 34.6 Å². The number of hydrogen-bond donors (Lipinski definition) is 0. The Labute approximate surface area is 89.1 Å². The van der Waals surface area contributed by atoms with Gasteiger partial charge in [-0.25, -0.2) is 18.0 Å². The van der Waals surface area contributed by atoms with Gasteiger partial charge in [-0.1, -0.05) is 0 Å². The number of nitrogens with zero attached hydrogens (tertiary/aromatic N) is 1. The number of alkyl halides is 2. The molecule has 0 atom stereocenters. The van der Waals surface area contributed by atoms with Crippen molar-refractivity contribution in [3.63, 3.8) is 0 Å². The number of hydrogen-bond acceptors (Lipinski definition) is 3. The minimum absolute atomic E-state index is 0.339. The van der Waals surface area contributed by atoms with Gasteiger partial charge in [-0.15, -0.1) is 0 Å². The highest BCUT2D eigenvalue weighted by atomic mass is 19.3. The normalized spacial score (nSPS) is 10.0. The lowest BCUT2D eigenvalue weighted by Crippen LogP contribution is -2.07. The van der Waals surface area contributed by atoms with Crippen molar-refractivity contribution in [2.45, 2.75) is 6.43 Å². The minimum atomic E-state index is -3.06. The highest BCUT2D eigenvalue weighted by Crippen LogP contribution is 2.25. The molecule has 1 aromatic carbocycles. The predicted molar refractivity (Wildman–Crippen MR) is 47.4 cm³/mol. The van der Waals surface area contributed by atoms with E-state index in [1.54, 1.807) is 0 Å². The Morgan fingerprint density at radius 2 is 2.12 bits per heavy atom. The fourth-order valence-corrected chi connectivity index (χ4v) is 1.13. The van der Waals surface area contributed by atoms with Crippen molar-refractivity contribution >= 4 is 5.97 Å². The van der Waals surface area contributed by atoms with Crippen LogP contribution in [0.4, 0.5) is 13.2 Å². The Morgan fingerprint density at radius 3 is 2.56 bits per heavy atom. The number of methoxy groups -OCH3 is 1. The Balaban J connectivity index is 3.42. The van der Waals surface area contributed by atoms with Gasteiger partial charge in [0.2, 0.25) is 0 Å². The molecule has 0 aromatic heterocycles. The molecule has 0 amide bonds. The Hall–Kier alpha value is -2.03. The van der Waals surface area contributed by atoms with Gasteiger partial charge in [0.15, 0.2) is 0 Å². The molecule has 0 aliphatic heterocycles. The number of esters is 1. The second-order valence-corrected chi connectivity index (χ2v) is 2.82. The van der Waals surface area contributed by atoms with Crippen molar-refractivity contribution in [2.75, 3.05) is 7.11 Å². The van der Waals surface area contributed by atoms with E-state index in [4.69, 9.17) is 5.26 Å². The van der Waals surface area contributed by atoms with E-state index in [1.807, 2.05) is 0 Å². The second-order valence-electron chi connectivity index (χ2n) is 2.82. The summed E-state index contributed by atoms with van der Waals surface area (Å²) in [5, 5.41) is 8.60. The maximum Gasteiger partial charge on any atom is 0.339 e. The van der Waals surface area contributed by atoms with Crippen molar-refractivity contribution in [2.24, 2.45) is 0 Å². The summed E-state index contributed by atoms with van der Waals surface area (Å²) >= 11 is 0. The highest BCUT2D eigenvalue weighted by Gasteiger charge is 2.20. The van der Waals surface area contributed by atoms with Gasteiger partial charge >= 0.3 is 5.97 Å². The summed E-state index contributed by atoms with van der Waals surface area (Å²) in [7, 11) is 1.04. The summed E-state index contributed by atoms with van der Waals surface area (Å²) in [5.74, 6) is -2.18. The van der Waals surface area contributed by atoms with Crippen LogP contribution in [0.15, 0.2) is 12.1 Å². The average Bonchev–Trinajstić information content (AvgIpc) is 2.27. The minimum Gasteiger partial charge on any atom is -0.465 e. The Morgan fingerprint density at radius 1 is 1.50 bits per heavy atom. The van der Waals surface area contributed by atoms with E-state index in [2.05, 4.69) is 4.74 Å². The molecule has 0 bridgehead atoms. The van der Waals surface area contributed by atoms with E-state index in [0.29, 0.717) is 12.1 Å². The number of halogens is 3. The zero-order valence-corrected chi connectivity index (χ0v) is 8.13. The number of carbonyl (C=O) groups is 1. The van der Waals surface area contributed by atoms with Gasteiger partial charge in [0.1, 0.15) is 11.9 Å². The fraction of sp³-hybridized carbons (Fsp3) is 0.200.